The third-order valence-corrected chi connectivity index (χ3v) is 4.47. The van der Waals surface area contributed by atoms with Gasteiger partial charge in [-0.2, -0.15) is 0 Å². The van der Waals surface area contributed by atoms with Crippen LogP contribution in [0.4, 0.5) is 10.1 Å². The maximum atomic E-state index is 13.9. The van der Waals surface area contributed by atoms with E-state index in [9.17, 15) is 17.6 Å². The summed E-state index contributed by atoms with van der Waals surface area (Å²) in [6.45, 7) is 0. The fourth-order valence-electron chi connectivity index (χ4n) is 1.87. The second-order valence-electron chi connectivity index (χ2n) is 4.56. The number of carbonyl (C=O) groups excluding carboxylic acids is 1. The minimum atomic E-state index is -4.09. The number of benzene rings is 2. The van der Waals surface area contributed by atoms with Gasteiger partial charge in [0, 0.05) is 24.4 Å². The number of ether oxygens (including phenoxy) is 1. The Morgan fingerprint density at radius 3 is 2.30 bits per heavy atom. The van der Waals surface area contributed by atoms with E-state index in [1.165, 1.54) is 44.5 Å². The van der Waals surface area contributed by atoms with Gasteiger partial charge < -0.3 is 10.1 Å². The first-order valence-electron chi connectivity index (χ1n) is 6.56. The third kappa shape index (κ3) is 3.78. The van der Waals surface area contributed by atoms with Crippen LogP contribution in [-0.2, 0) is 10.0 Å². The quantitative estimate of drug-likeness (QED) is 0.873. The van der Waals surface area contributed by atoms with Gasteiger partial charge in [0.05, 0.1) is 7.11 Å². The maximum absolute atomic E-state index is 13.9. The molecule has 0 radical (unpaired) electrons. The molecule has 0 aliphatic carbocycles. The Morgan fingerprint density at radius 1 is 1.13 bits per heavy atom. The predicted molar refractivity (Wildman–Crippen MR) is 83.6 cm³/mol. The highest BCUT2D eigenvalue weighted by atomic mass is 32.2. The van der Waals surface area contributed by atoms with E-state index in [-0.39, 0.29) is 17.3 Å². The van der Waals surface area contributed by atoms with Crippen LogP contribution in [0.25, 0.3) is 0 Å². The van der Waals surface area contributed by atoms with Gasteiger partial charge in [-0.05, 0) is 36.4 Å². The highest BCUT2D eigenvalue weighted by Crippen LogP contribution is 2.23. The third-order valence-electron chi connectivity index (χ3n) is 3.05. The molecule has 0 aromatic heterocycles. The Kier molecular flexibility index (Phi) is 4.85. The van der Waals surface area contributed by atoms with Crippen molar-refractivity contribution >= 4 is 21.6 Å². The summed E-state index contributed by atoms with van der Waals surface area (Å²) in [6.07, 6.45) is 0. The summed E-state index contributed by atoms with van der Waals surface area (Å²) in [6, 6.07) is 9.22. The Bertz CT molecular complexity index is 820. The lowest BCUT2D eigenvalue weighted by atomic mass is 10.2. The van der Waals surface area contributed by atoms with E-state index in [4.69, 9.17) is 4.74 Å². The molecule has 8 heteroatoms. The zero-order valence-corrected chi connectivity index (χ0v) is 13.3. The molecule has 0 atom stereocenters. The molecule has 2 aromatic carbocycles. The minimum absolute atomic E-state index is 0.216. The van der Waals surface area contributed by atoms with E-state index in [1.807, 2.05) is 0 Å². The molecule has 23 heavy (non-hydrogen) atoms. The van der Waals surface area contributed by atoms with Crippen molar-refractivity contribution in [3.8, 4) is 5.75 Å². The molecule has 0 heterocycles. The summed E-state index contributed by atoms with van der Waals surface area (Å²) in [5.41, 5.74) is 0.596. The monoisotopic (exact) mass is 338 g/mol. The number of halogens is 1. The van der Waals surface area contributed by atoms with Crippen LogP contribution in [0.15, 0.2) is 47.4 Å². The number of nitrogens with one attached hydrogen (secondary N) is 2. The number of anilines is 1. The van der Waals surface area contributed by atoms with Crippen LogP contribution in [0.3, 0.4) is 0 Å². The number of sulfonamides is 1. The van der Waals surface area contributed by atoms with Crippen LogP contribution in [0, 0.1) is 5.82 Å². The summed E-state index contributed by atoms with van der Waals surface area (Å²) in [5.74, 6) is -0.990. The summed E-state index contributed by atoms with van der Waals surface area (Å²) < 4.78 is 45.4. The molecular formula is C15H15FN2O4S. The molecule has 0 saturated carbocycles. The van der Waals surface area contributed by atoms with Crippen molar-refractivity contribution in [1.29, 1.82) is 0 Å². The molecule has 0 saturated heterocycles. The molecule has 0 fully saturated rings. The lowest BCUT2D eigenvalue weighted by molar-refractivity contribution is 0.0963. The lowest BCUT2D eigenvalue weighted by Crippen LogP contribution is -2.18. The SMILES string of the molecule is CNC(=O)c1ccc(NS(=O)(=O)c2ccc(OC)cc2F)cc1. The molecule has 2 aromatic rings. The van der Waals surface area contributed by atoms with Gasteiger partial charge in [0.15, 0.2) is 0 Å². The van der Waals surface area contributed by atoms with Crippen molar-refractivity contribution in [3.05, 3.63) is 53.8 Å². The second-order valence-corrected chi connectivity index (χ2v) is 6.21. The van der Waals surface area contributed by atoms with Crippen LogP contribution in [0.5, 0.6) is 5.75 Å². The molecule has 2 N–H and O–H groups in total. The van der Waals surface area contributed by atoms with Gasteiger partial charge in [0.1, 0.15) is 16.5 Å². The van der Waals surface area contributed by atoms with Crippen LogP contribution in [-0.4, -0.2) is 28.5 Å². The average molecular weight is 338 g/mol. The fraction of sp³-hybridized carbons (Fsp3) is 0.133. The number of hydrogen-bond acceptors (Lipinski definition) is 4. The molecule has 0 aliphatic heterocycles. The standard InChI is InChI=1S/C15H15FN2O4S/c1-17-15(19)10-3-5-11(6-4-10)18-23(20,21)14-8-7-12(22-2)9-13(14)16/h3-9,18H,1-2H3,(H,17,19). The zero-order valence-electron chi connectivity index (χ0n) is 12.5. The lowest BCUT2D eigenvalue weighted by Gasteiger charge is -2.10. The summed E-state index contributed by atoms with van der Waals surface area (Å²) in [7, 11) is -1.24. The van der Waals surface area contributed by atoms with Gasteiger partial charge in [0.25, 0.3) is 15.9 Å². The van der Waals surface area contributed by atoms with Crippen LogP contribution in [0.1, 0.15) is 10.4 Å². The van der Waals surface area contributed by atoms with Crippen molar-refractivity contribution in [3.63, 3.8) is 0 Å². The summed E-state index contributed by atoms with van der Waals surface area (Å²) >= 11 is 0. The van der Waals surface area contributed by atoms with Gasteiger partial charge in [0.2, 0.25) is 0 Å². The number of methoxy groups -OCH3 is 1. The first kappa shape index (κ1) is 16.8. The van der Waals surface area contributed by atoms with Crippen molar-refractivity contribution in [1.82, 2.24) is 5.32 Å². The van der Waals surface area contributed by atoms with E-state index in [1.54, 1.807) is 0 Å². The Labute approximate surface area is 133 Å². The van der Waals surface area contributed by atoms with Crippen LogP contribution >= 0.6 is 0 Å². The van der Waals surface area contributed by atoms with Gasteiger partial charge in [-0.3, -0.25) is 9.52 Å². The Hall–Kier alpha value is -2.61. The van der Waals surface area contributed by atoms with Crippen molar-refractivity contribution in [2.75, 3.05) is 18.9 Å². The minimum Gasteiger partial charge on any atom is -0.497 e. The molecule has 2 rings (SSSR count). The first-order valence-corrected chi connectivity index (χ1v) is 8.04. The van der Waals surface area contributed by atoms with Crippen molar-refractivity contribution in [2.24, 2.45) is 0 Å². The van der Waals surface area contributed by atoms with Gasteiger partial charge in [-0.15, -0.1) is 0 Å². The Balaban J connectivity index is 2.26. The predicted octanol–water partition coefficient (Wildman–Crippen LogP) is 1.99. The number of hydrogen-bond donors (Lipinski definition) is 2. The highest BCUT2D eigenvalue weighted by Gasteiger charge is 2.20. The van der Waals surface area contributed by atoms with Gasteiger partial charge >= 0.3 is 0 Å². The molecule has 1 amide bonds. The Morgan fingerprint density at radius 2 is 1.78 bits per heavy atom. The van der Waals surface area contributed by atoms with Gasteiger partial charge in [-0.1, -0.05) is 0 Å². The molecule has 6 nitrogen and oxygen atoms in total. The zero-order chi connectivity index (χ0) is 17.0. The molecule has 0 unspecified atom stereocenters. The normalized spacial score (nSPS) is 10.9. The average Bonchev–Trinajstić information content (AvgIpc) is 2.54. The summed E-state index contributed by atoms with van der Waals surface area (Å²) in [4.78, 5) is 10.9. The van der Waals surface area contributed by atoms with Crippen LogP contribution < -0.4 is 14.8 Å². The van der Waals surface area contributed by atoms with E-state index in [2.05, 4.69) is 10.0 Å². The number of rotatable bonds is 5. The molecule has 0 bridgehead atoms. The molecule has 0 spiro atoms. The molecular weight excluding hydrogens is 323 g/mol. The fourth-order valence-corrected chi connectivity index (χ4v) is 2.99. The molecule has 122 valence electrons. The summed E-state index contributed by atoms with van der Waals surface area (Å²) in [5, 5.41) is 2.45. The molecule has 0 aliphatic rings. The van der Waals surface area contributed by atoms with E-state index < -0.39 is 20.7 Å². The van der Waals surface area contributed by atoms with Gasteiger partial charge in [-0.25, -0.2) is 12.8 Å². The maximum Gasteiger partial charge on any atom is 0.264 e. The second kappa shape index (κ2) is 6.66. The van der Waals surface area contributed by atoms with Crippen molar-refractivity contribution in [2.45, 2.75) is 4.90 Å². The van der Waals surface area contributed by atoms with E-state index in [0.717, 1.165) is 12.1 Å². The van der Waals surface area contributed by atoms with Crippen molar-refractivity contribution < 1.29 is 22.3 Å². The van der Waals surface area contributed by atoms with E-state index in [0.29, 0.717) is 5.56 Å². The van der Waals surface area contributed by atoms with E-state index >= 15 is 0 Å². The highest BCUT2D eigenvalue weighted by molar-refractivity contribution is 7.92. The van der Waals surface area contributed by atoms with Crippen LogP contribution in [0.2, 0.25) is 0 Å². The number of amides is 1. The smallest absolute Gasteiger partial charge is 0.264 e. The largest absolute Gasteiger partial charge is 0.497 e. The first-order chi connectivity index (χ1) is 10.9. The number of carbonyl (C=O) groups is 1. The topological polar surface area (TPSA) is 84.5 Å².